The zero-order chi connectivity index (χ0) is 21.3. The SMILES string of the molecule is Cn1c(=O)n(C2CCC(=O)NC2=O)c2ccc(CN3CC[C@@H](OCCCO)C3)cc21. The van der Waals surface area contributed by atoms with Crippen molar-refractivity contribution in [3.63, 3.8) is 0 Å². The van der Waals surface area contributed by atoms with Crippen molar-refractivity contribution in [2.75, 3.05) is 26.3 Å². The summed E-state index contributed by atoms with van der Waals surface area (Å²) in [6, 6.07) is 5.21. The Balaban J connectivity index is 1.51. The van der Waals surface area contributed by atoms with E-state index in [-0.39, 0.29) is 30.7 Å². The van der Waals surface area contributed by atoms with Crippen LogP contribution in [0.1, 0.15) is 37.3 Å². The minimum atomic E-state index is -0.667. The number of ether oxygens (including phenoxy) is 1. The predicted molar refractivity (Wildman–Crippen MR) is 110 cm³/mol. The quantitative estimate of drug-likeness (QED) is 0.497. The lowest BCUT2D eigenvalue weighted by Crippen LogP contribution is -2.44. The summed E-state index contributed by atoms with van der Waals surface area (Å²) in [4.78, 5) is 38.9. The average Bonchev–Trinajstić information content (AvgIpc) is 3.26. The van der Waals surface area contributed by atoms with Crippen LogP contribution in [0.15, 0.2) is 23.0 Å². The van der Waals surface area contributed by atoms with Gasteiger partial charge in [-0.2, -0.15) is 0 Å². The van der Waals surface area contributed by atoms with Crippen LogP contribution < -0.4 is 11.0 Å². The smallest absolute Gasteiger partial charge is 0.329 e. The second-order valence-electron chi connectivity index (χ2n) is 8.10. The molecule has 0 radical (unpaired) electrons. The number of benzene rings is 1. The van der Waals surface area contributed by atoms with Crippen LogP contribution in [-0.2, 0) is 27.9 Å². The van der Waals surface area contributed by atoms with Gasteiger partial charge in [-0.15, -0.1) is 0 Å². The Morgan fingerprint density at radius 3 is 2.80 bits per heavy atom. The molecule has 9 nitrogen and oxygen atoms in total. The maximum absolute atomic E-state index is 12.9. The van der Waals surface area contributed by atoms with Gasteiger partial charge >= 0.3 is 5.69 Å². The molecule has 2 N–H and O–H groups in total. The van der Waals surface area contributed by atoms with Gasteiger partial charge in [0.25, 0.3) is 0 Å². The number of hydrogen-bond donors (Lipinski definition) is 2. The summed E-state index contributed by atoms with van der Waals surface area (Å²) in [6.07, 6.45) is 2.38. The van der Waals surface area contributed by atoms with Crippen molar-refractivity contribution in [1.82, 2.24) is 19.4 Å². The van der Waals surface area contributed by atoms with Crippen LogP contribution in [0.4, 0.5) is 0 Å². The Bertz CT molecular complexity index is 1010. The van der Waals surface area contributed by atoms with Gasteiger partial charge in [-0.05, 0) is 37.0 Å². The number of hydrogen-bond acceptors (Lipinski definition) is 6. The molecule has 0 saturated carbocycles. The summed E-state index contributed by atoms with van der Waals surface area (Å²) in [6.45, 7) is 3.27. The van der Waals surface area contributed by atoms with Crippen LogP contribution in [0, 0.1) is 0 Å². The van der Waals surface area contributed by atoms with Gasteiger partial charge in [-0.1, -0.05) is 6.07 Å². The first-order valence-electron chi connectivity index (χ1n) is 10.5. The first kappa shape index (κ1) is 20.8. The van der Waals surface area contributed by atoms with E-state index < -0.39 is 11.9 Å². The van der Waals surface area contributed by atoms with E-state index in [9.17, 15) is 14.4 Å². The van der Waals surface area contributed by atoms with Crippen molar-refractivity contribution < 1.29 is 19.4 Å². The lowest BCUT2D eigenvalue weighted by atomic mass is 10.1. The Kier molecular flexibility index (Phi) is 6.03. The predicted octanol–water partition coefficient (Wildman–Crippen LogP) is 0.291. The number of piperidine rings is 1. The van der Waals surface area contributed by atoms with E-state index in [4.69, 9.17) is 9.84 Å². The molecule has 3 heterocycles. The number of rotatable bonds is 7. The molecular weight excluding hydrogens is 388 g/mol. The number of carbonyl (C=O) groups excluding carboxylic acids is 2. The molecule has 0 bridgehead atoms. The monoisotopic (exact) mass is 416 g/mol. The molecule has 2 aromatic rings. The number of likely N-dealkylation sites (tertiary alicyclic amines) is 1. The molecule has 4 rings (SSSR count). The molecule has 9 heteroatoms. The number of nitrogens with zero attached hydrogens (tertiary/aromatic N) is 3. The average molecular weight is 416 g/mol. The molecule has 1 aromatic carbocycles. The minimum Gasteiger partial charge on any atom is -0.396 e. The third kappa shape index (κ3) is 4.05. The molecule has 1 aromatic heterocycles. The van der Waals surface area contributed by atoms with Crippen LogP contribution in [0.25, 0.3) is 11.0 Å². The van der Waals surface area contributed by atoms with Gasteiger partial charge < -0.3 is 9.84 Å². The fourth-order valence-electron chi connectivity index (χ4n) is 4.39. The van der Waals surface area contributed by atoms with E-state index >= 15 is 0 Å². The molecule has 30 heavy (non-hydrogen) atoms. The Morgan fingerprint density at radius 2 is 2.03 bits per heavy atom. The van der Waals surface area contributed by atoms with Crippen molar-refractivity contribution in [1.29, 1.82) is 0 Å². The molecule has 2 atom stereocenters. The molecular formula is C21H28N4O5. The highest BCUT2D eigenvalue weighted by molar-refractivity contribution is 6.00. The molecule has 0 aliphatic carbocycles. The van der Waals surface area contributed by atoms with Crippen molar-refractivity contribution in [2.45, 2.75) is 44.4 Å². The normalized spacial score (nSPS) is 22.7. The molecule has 2 aliphatic heterocycles. The lowest BCUT2D eigenvalue weighted by molar-refractivity contribution is -0.135. The number of nitrogens with one attached hydrogen (secondary N) is 1. The van der Waals surface area contributed by atoms with E-state index in [1.807, 2.05) is 18.2 Å². The summed E-state index contributed by atoms with van der Waals surface area (Å²) in [5.74, 6) is -0.717. The minimum absolute atomic E-state index is 0.146. The van der Waals surface area contributed by atoms with Crippen molar-refractivity contribution >= 4 is 22.8 Å². The van der Waals surface area contributed by atoms with Crippen LogP contribution in [-0.4, -0.2) is 63.4 Å². The van der Waals surface area contributed by atoms with E-state index in [1.165, 1.54) is 4.57 Å². The first-order chi connectivity index (χ1) is 14.5. The van der Waals surface area contributed by atoms with Gasteiger partial charge in [-0.3, -0.25) is 28.9 Å². The van der Waals surface area contributed by atoms with E-state index in [0.29, 0.717) is 25.0 Å². The fraction of sp³-hybridized carbons (Fsp3) is 0.571. The number of carbonyl (C=O) groups is 2. The lowest BCUT2D eigenvalue weighted by Gasteiger charge is -2.22. The number of aromatic nitrogens is 2. The Hall–Kier alpha value is -2.49. The van der Waals surface area contributed by atoms with E-state index in [0.717, 1.165) is 37.1 Å². The molecule has 2 saturated heterocycles. The third-order valence-electron chi connectivity index (χ3n) is 5.97. The molecule has 162 valence electrons. The second-order valence-corrected chi connectivity index (χ2v) is 8.10. The summed E-state index contributed by atoms with van der Waals surface area (Å²) >= 11 is 0. The van der Waals surface area contributed by atoms with Gasteiger partial charge in [-0.25, -0.2) is 4.79 Å². The van der Waals surface area contributed by atoms with Crippen LogP contribution >= 0.6 is 0 Å². The molecule has 2 amide bonds. The van der Waals surface area contributed by atoms with Crippen LogP contribution in [0.5, 0.6) is 0 Å². The summed E-state index contributed by atoms with van der Waals surface area (Å²) in [5, 5.41) is 11.2. The summed E-state index contributed by atoms with van der Waals surface area (Å²) in [5.41, 5.74) is 2.31. The molecule has 2 aliphatic rings. The van der Waals surface area contributed by atoms with Crippen LogP contribution in [0.2, 0.25) is 0 Å². The summed E-state index contributed by atoms with van der Waals surface area (Å²) in [7, 11) is 1.71. The zero-order valence-electron chi connectivity index (χ0n) is 17.2. The van der Waals surface area contributed by atoms with E-state index in [2.05, 4.69) is 10.2 Å². The summed E-state index contributed by atoms with van der Waals surface area (Å²) < 4.78 is 8.86. The van der Waals surface area contributed by atoms with Crippen molar-refractivity contribution in [2.24, 2.45) is 7.05 Å². The highest BCUT2D eigenvalue weighted by atomic mass is 16.5. The Labute approximate surface area is 174 Å². The van der Waals surface area contributed by atoms with Gasteiger partial charge in [0.2, 0.25) is 11.8 Å². The number of imidazole rings is 1. The van der Waals surface area contributed by atoms with Crippen molar-refractivity contribution in [3.05, 3.63) is 34.2 Å². The van der Waals surface area contributed by atoms with Gasteiger partial charge in [0, 0.05) is 46.3 Å². The number of aryl methyl sites for hydroxylation is 1. The van der Waals surface area contributed by atoms with Gasteiger partial charge in [0.05, 0.1) is 17.1 Å². The molecule has 2 fully saturated rings. The third-order valence-corrected chi connectivity index (χ3v) is 5.97. The standard InChI is InChI=1S/C21H28N4O5/c1-23-18-11-14(12-24-8-7-15(13-24)30-10-2-9-26)3-4-16(18)25(21(23)29)17-5-6-19(27)22-20(17)28/h3-4,11,15,17,26H,2,5-10,12-13H2,1H3,(H,22,27,28)/t15-,17?/m1/s1. The largest absolute Gasteiger partial charge is 0.396 e. The number of aliphatic hydroxyl groups is 1. The molecule has 1 unspecified atom stereocenters. The number of fused-ring (bicyclic) bond motifs is 1. The zero-order valence-corrected chi connectivity index (χ0v) is 17.2. The fourth-order valence-corrected chi connectivity index (χ4v) is 4.39. The number of imide groups is 1. The second kappa shape index (κ2) is 8.71. The number of amides is 2. The van der Waals surface area contributed by atoms with Crippen LogP contribution in [0.3, 0.4) is 0 Å². The van der Waals surface area contributed by atoms with Crippen molar-refractivity contribution in [3.8, 4) is 0 Å². The maximum Gasteiger partial charge on any atom is 0.329 e. The molecule has 0 spiro atoms. The van der Waals surface area contributed by atoms with E-state index in [1.54, 1.807) is 11.6 Å². The maximum atomic E-state index is 12.9. The Morgan fingerprint density at radius 1 is 1.20 bits per heavy atom. The topological polar surface area (TPSA) is 106 Å². The number of aliphatic hydroxyl groups excluding tert-OH is 1. The first-order valence-corrected chi connectivity index (χ1v) is 10.5. The van der Waals surface area contributed by atoms with Gasteiger partial charge in [0.15, 0.2) is 0 Å². The highest BCUT2D eigenvalue weighted by Gasteiger charge is 2.31. The van der Waals surface area contributed by atoms with Gasteiger partial charge in [0.1, 0.15) is 6.04 Å². The highest BCUT2D eigenvalue weighted by Crippen LogP contribution is 2.25.